The quantitative estimate of drug-likeness (QED) is 0.519. The van der Waals surface area contributed by atoms with E-state index in [2.05, 4.69) is 31.1 Å². The number of hydrogen-bond donors (Lipinski definition) is 3. The lowest BCUT2D eigenvalue weighted by molar-refractivity contribution is -0.120. The van der Waals surface area contributed by atoms with Crippen LogP contribution in [0.4, 0.5) is 17.3 Å². The number of nitrogens with one attached hydrogen (secondary N) is 3. The Kier molecular flexibility index (Phi) is 6.54. The van der Waals surface area contributed by atoms with Crippen LogP contribution in [0.1, 0.15) is 5.56 Å². The van der Waals surface area contributed by atoms with E-state index in [-0.39, 0.29) is 5.91 Å². The largest absolute Gasteiger partial charge is 0.367 e. The van der Waals surface area contributed by atoms with E-state index in [0.717, 1.165) is 11.3 Å². The van der Waals surface area contributed by atoms with Gasteiger partial charge in [-0.25, -0.2) is 0 Å². The van der Waals surface area contributed by atoms with Gasteiger partial charge in [-0.15, -0.1) is 10.2 Å². The molecule has 0 unspecified atom stereocenters. The van der Waals surface area contributed by atoms with Crippen molar-refractivity contribution in [2.45, 2.75) is 6.42 Å². The van der Waals surface area contributed by atoms with Crippen molar-refractivity contribution < 1.29 is 4.79 Å². The first-order valence-corrected chi connectivity index (χ1v) is 8.82. The van der Waals surface area contributed by atoms with Gasteiger partial charge in [-0.1, -0.05) is 23.7 Å². The summed E-state index contributed by atoms with van der Waals surface area (Å²) in [6, 6.07) is 14.6. The SMILES string of the molecule is O=C(Cc1ccc(Cl)cc1)NCCNc1ccc(Nc2cccnc2)nn1. The number of halogens is 1. The Balaban J connectivity index is 1.37. The fourth-order valence-corrected chi connectivity index (χ4v) is 2.45. The number of pyridine rings is 1. The van der Waals surface area contributed by atoms with Gasteiger partial charge in [0.25, 0.3) is 0 Å². The Bertz CT molecular complexity index is 856. The van der Waals surface area contributed by atoms with Crippen molar-refractivity contribution >= 4 is 34.8 Å². The highest BCUT2D eigenvalue weighted by atomic mass is 35.5. The first-order chi connectivity index (χ1) is 13.2. The van der Waals surface area contributed by atoms with Crippen molar-refractivity contribution in [3.63, 3.8) is 0 Å². The van der Waals surface area contributed by atoms with Gasteiger partial charge in [0.1, 0.15) is 5.82 Å². The fraction of sp³-hybridized carbons (Fsp3) is 0.158. The molecule has 2 aromatic heterocycles. The molecule has 1 aromatic carbocycles. The first-order valence-electron chi connectivity index (χ1n) is 8.45. The van der Waals surface area contributed by atoms with Gasteiger partial charge in [0, 0.05) is 24.3 Å². The fourth-order valence-electron chi connectivity index (χ4n) is 2.32. The molecule has 2 heterocycles. The molecule has 0 bridgehead atoms. The van der Waals surface area contributed by atoms with E-state index in [1.807, 2.05) is 36.4 Å². The number of benzene rings is 1. The van der Waals surface area contributed by atoms with Crippen LogP contribution in [0.5, 0.6) is 0 Å². The van der Waals surface area contributed by atoms with Crippen molar-refractivity contribution in [3.05, 3.63) is 71.5 Å². The van der Waals surface area contributed by atoms with Crippen molar-refractivity contribution in [2.24, 2.45) is 0 Å². The number of carbonyl (C=O) groups is 1. The molecule has 0 aliphatic carbocycles. The Morgan fingerprint density at radius 1 is 0.963 bits per heavy atom. The summed E-state index contributed by atoms with van der Waals surface area (Å²) in [6.45, 7) is 1.04. The molecule has 0 atom stereocenters. The summed E-state index contributed by atoms with van der Waals surface area (Å²) in [5, 5.41) is 17.9. The van der Waals surface area contributed by atoms with E-state index in [0.29, 0.717) is 36.2 Å². The van der Waals surface area contributed by atoms with E-state index >= 15 is 0 Å². The molecule has 8 heteroatoms. The van der Waals surface area contributed by atoms with Crippen LogP contribution in [0, 0.1) is 0 Å². The number of aromatic nitrogens is 3. The molecule has 3 aromatic rings. The van der Waals surface area contributed by atoms with E-state index in [4.69, 9.17) is 11.6 Å². The predicted molar refractivity (Wildman–Crippen MR) is 106 cm³/mol. The highest BCUT2D eigenvalue weighted by Crippen LogP contribution is 2.13. The molecule has 0 aliphatic rings. The van der Waals surface area contributed by atoms with Gasteiger partial charge in [0.05, 0.1) is 18.3 Å². The minimum absolute atomic E-state index is 0.0405. The summed E-state index contributed by atoms with van der Waals surface area (Å²) in [5.41, 5.74) is 1.77. The second kappa shape index (κ2) is 9.49. The lowest BCUT2D eigenvalue weighted by Gasteiger charge is -2.08. The van der Waals surface area contributed by atoms with Crippen molar-refractivity contribution in [1.29, 1.82) is 0 Å². The highest BCUT2D eigenvalue weighted by molar-refractivity contribution is 6.30. The van der Waals surface area contributed by atoms with Crippen LogP contribution in [0.3, 0.4) is 0 Å². The van der Waals surface area contributed by atoms with Gasteiger partial charge in [-0.2, -0.15) is 0 Å². The number of carbonyl (C=O) groups excluding carboxylic acids is 1. The van der Waals surface area contributed by atoms with Crippen LogP contribution in [0.25, 0.3) is 0 Å². The Labute approximate surface area is 162 Å². The van der Waals surface area contributed by atoms with Gasteiger partial charge in [-0.3, -0.25) is 9.78 Å². The zero-order chi connectivity index (χ0) is 18.9. The molecular weight excluding hydrogens is 364 g/mol. The van der Waals surface area contributed by atoms with E-state index < -0.39 is 0 Å². The van der Waals surface area contributed by atoms with E-state index in [1.54, 1.807) is 24.5 Å². The molecule has 0 aliphatic heterocycles. The van der Waals surface area contributed by atoms with Gasteiger partial charge in [0.15, 0.2) is 5.82 Å². The number of anilines is 3. The molecule has 0 saturated carbocycles. The van der Waals surface area contributed by atoms with Gasteiger partial charge in [0.2, 0.25) is 5.91 Å². The van der Waals surface area contributed by atoms with Crippen LogP contribution < -0.4 is 16.0 Å². The zero-order valence-corrected chi connectivity index (χ0v) is 15.3. The van der Waals surface area contributed by atoms with Crippen LogP contribution in [-0.4, -0.2) is 34.2 Å². The normalized spacial score (nSPS) is 10.3. The van der Waals surface area contributed by atoms with Crippen LogP contribution in [0.15, 0.2) is 60.9 Å². The standard InChI is InChI=1S/C19H19ClN6O/c20-15-5-3-14(4-6-15)12-19(27)23-11-10-22-17-7-8-18(26-25-17)24-16-2-1-9-21-13-16/h1-9,13H,10-12H2,(H,22,25)(H,23,27)(H,24,26). The third-order valence-corrected chi connectivity index (χ3v) is 3.88. The van der Waals surface area contributed by atoms with Crippen LogP contribution in [-0.2, 0) is 11.2 Å². The summed E-state index contributed by atoms with van der Waals surface area (Å²) in [7, 11) is 0. The molecule has 1 amide bonds. The zero-order valence-electron chi connectivity index (χ0n) is 14.5. The summed E-state index contributed by atoms with van der Waals surface area (Å²) < 4.78 is 0. The average molecular weight is 383 g/mol. The Morgan fingerprint density at radius 2 is 1.74 bits per heavy atom. The molecule has 138 valence electrons. The second-order valence-corrected chi connectivity index (χ2v) is 6.19. The smallest absolute Gasteiger partial charge is 0.224 e. The summed E-state index contributed by atoms with van der Waals surface area (Å²) in [5.74, 6) is 1.23. The topological polar surface area (TPSA) is 91.8 Å². The van der Waals surface area contributed by atoms with E-state index in [1.165, 1.54) is 0 Å². The molecule has 3 rings (SSSR count). The third kappa shape index (κ3) is 6.23. The number of nitrogens with zero attached hydrogens (tertiary/aromatic N) is 3. The molecule has 0 spiro atoms. The van der Waals surface area contributed by atoms with Gasteiger partial charge >= 0.3 is 0 Å². The molecule has 0 saturated heterocycles. The maximum atomic E-state index is 11.9. The van der Waals surface area contributed by atoms with Crippen LogP contribution >= 0.6 is 11.6 Å². The van der Waals surface area contributed by atoms with Crippen molar-refractivity contribution in [3.8, 4) is 0 Å². The number of amides is 1. The third-order valence-electron chi connectivity index (χ3n) is 3.63. The lowest BCUT2D eigenvalue weighted by atomic mass is 10.1. The van der Waals surface area contributed by atoms with E-state index in [9.17, 15) is 4.79 Å². The minimum Gasteiger partial charge on any atom is -0.367 e. The first kappa shape index (κ1) is 18.6. The molecule has 0 radical (unpaired) electrons. The lowest BCUT2D eigenvalue weighted by Crippen LogP contribution is -2.30. The Morgan fingerprint density at radius 3 is 2.44 bits per heavy atom. The van der Waals surface area contributed by atoms with Gasteiger partial charge in [-0.05, 0) is 42.0 Å². The average Bonchev–Trinajstić information content (AvgIpc) is 2.69. The van der Waals surface area contributed by atoms with Crippen molar-refractivity contribution in [1.82, 2.24) is 20.5 Å². The highest BCUT2D eigenvalue weighted by Gasteiger charge is 2.03. The number of hydrogen-bond acceptors (Lipinski definition) is 6. The molecular formula is C19H19ClN6O. The monoisotopic (exact) mass is 382 g/mol. The van der Waals surface area contributed by atoms with Crippen LogP contribution in [0.2, 0.25) is 5.02 Å². The van der Waals surface area contributed by atoms with Gasteiger partial charge < -0.3 is 16.0 Å². The predicted octanol–water partition coefficient (Wildman–Crippen LogP) is 3.04. The molecule has 0 fully saturated rings. The summed E-state index contributed by atoms with van der Waals surface area (Å²) in [6.07, 6.45) is 3.74. The minimum atomic E-state index is -0.0405. The molecule has 7 nitrogen and oxygen atoms in total. The van der Waals surface area contributed by atoms with Crippen molar-refractivity contribution in [2.75, 3.05) is 23.7 Å². The molecule has 3 N–H and O–H groups in total. The Hall–Kier alpha value is -3.19. The summed E-state index contributed by atoms with van der Waals surface area (Å²) in [4.78, 5) is 15.9. The maximum absolute atomic E-state index is 11.9. The number of rotatable bonds is 8. The molecule has 27 heavy (non-hydrogen) atoms. The second-order valence-electron chi connectivity index (χ2n) is 5.75. The summed E-state index contributed by atoms with van der Waals surface area (Å²) >= 11 is 5.83. The maximum Gasteiger partial charge on any atom is 0.224 e.